The SMILES string of the molecule is Cc1ccc2c(c1)c(=S)n(C(c1ccc(C#N)cc1)N(C)C)c1nncn21. The second-order valence-electron chi connectivity index (χ2n) is 6.77. The van der Waals surface area contributed by atoms with Gasteiger partial charge < -0.3 is 0 Å². The molecule has 0 fully saturated rings. The van der Waals surface area contributed by atoms with Gasteiger partial charge in [-0.05, 0) is 50.8 Å². The topological polar surface area (TPSA) is 62.2 Å². The predicted octanol–water partition coefficient (Wildman–Crippen LogP) is 3.70. The summed E-state index contributed by atoms with van der Waals surface area (Å²) in [5.74, 6) is 0.680. The second kappa shape index (κ2) is 6.58. The number of benzene rings is 2. The van der Waals surface area contributed by atoms with Crippen molar-refractivity contribution in [3.05, 3.63) is 70.1 Å². The minimum absolute atomic E-state index is 0.179. The number of fused-ring (bicyclic) bond motifs is 3. The van der Waals surface area contributed by atoms with Crippen molar-refractivity contribution in [2.45, 2.75) is 13.1 Å². The summed E-state index contributed by atoms with van der Waals surface area (Å²) in [5, 5.41) is 18.5. The maximum Gasteiger partial charge on any atom is 0.238 e. The van der Waals surface area contributed by atoms with Crippen molar-refractivity contribution >= 4 is 28.9 Å². The maximum atomic E-state index is 9.09. The van der Waals surface area contributed by atoms with Gasteiger partial charge >= 0.3 is 0 Å². The fourth-order valence-electron chi connectivity index (χ4n) is 3.44. The molecule has 7 heteroatoms. The summed E-state index contributed by atoms with van der Waals surface area (Å²) in [6, 6.07) is 15.9. The van der Waals surface area contributed by atoms with Crippen molar-refractivity contribution in [2.75, 3.05) is 14.1 Å². The second-order valence-corrected chi connectivity index (χ2v) is 7.15. The molecule has 6 nitrogen and oxygen atoms in total. The van der Waals surface area contributed by atoms with Crippen molar-refractivity contribution in [1.82, 2.24) is 24.1 Å². The summed E-state index contributed by atoms with van der Waals surface area (Å²) in [4.78, 5) is 2.08. The smallest absolute Gasteiger partial charge is 0.238 e. The first-order valence-corrected chi connectivity index (χ1v) is 8.93. The van der Waals surface area contributed by atoms with E-state index in [9.17, 15) is 0 Å². The van der Waals surface area contributed by atoms with Crippen LogP contribution in [-0.2, 0) is 0 Å². The standard InChI is InChI=1S/C20H18N6S/c1-13-4-9-17-16(10-13)19(27)26(20-23-22-12-25(17)20)18(24(2)3)15-7-5-14(11-21)6-8-15/h4-10,12,18H,1-3H3. The van der Waals surface area contributed by atoms with Crippen molar-refractivity contribution < 1.29 is 0 Å². The van der Waals surface area contributed by atoms with E-state index in [0.29, 0.717) is 16.0 Å². The van der Waals surface area contributed by atoms with E-state index in [0.717, 1.165) is 22.0 Å². The molecule has 1 atom stereocenters. The van der Waals surface area contributed by atoms with Gasteiger partial charge in [0.2, 0.25) is 5.78 Å². The van der Waals surface area contributed by atoms with Crippen LogP contribution in [0.1, 0.15) is 22.9 Å². The number of aromatic nitrogens is 4. The van der Waals surface area contributed by atoms with E-state index < -0.39 is 0 Å². The molecule has 4 aromatic rings. The van der Waals surface area contributed by atoms with E-state index in [1.807, 2.05) is 53.4 Å². The van der Waals surface area contributed by atoms with Crippen molar-refractivity contribution in [3.8, 4) is 6.07 Å². The van der Waals surface area contributed by atoms with E-state index >= 15 is 0 Å². The molecule has 0 amide bonds. The molecule has 0 saturated carbocycles. The first kappa shape index (κ1) is 17.3. The normalized spacial score (nSPS) is 12.6. The summed E-state index contributed by atoms with van der Waals surface area (Å²) in [6.45, 7) is 2.05. The molecule has 0 bridgehead atoms. The lowest BCUT2D eigenvalue weighted by molar-refractivity contribution is 0.262. The van der Waals surface area contributed by atoms with Crippen LogP contribution in [0.2, 0.25) is 0 Å². The first-order valence-electron chi connectivity index (χ1n) is 8.52. The first-order chi connectivity index (χ1) is 13.0. The molecule has 2 heterocycles. The summed E-state index contributed by atoms with van der Waals surface area (Å²) >= 11 is 5.89. The zero-order chi connectivity index (χ0) is 19.1. The summed E-state index contributed by atoms with van der Waals surface area (Å²) in [6.07, 6.45) is 1.53. The van der Waals surface area contributed by atoms with Gasteiger partial charge in [0.05, 0.1) is 17.1 Å². The quantitative estimate of drug-likeness (QED) is 0.512. The van der Waals surface area contributed by atoms with Crippen LogP contribution in [0.3, 0.4) is 0 Å². The fraction of sp³-hybridized carbons (Fsp3) is 0.200. The number of nitriles is 1. The molecule has 134 valence electrons. The van der Waals surface area contributed by atoms with Crippen LogP contribution in [0.25, 0.3) is 16.7 Å². The lowest BCUT2D eigenvalue weighted by atomic mass is 10.1. The molecule has 0 saturated heterocycles. The van der Waals surface area contributed by atoms with Gasteiger partial charge in [0, 0.05) is 5.39 Å². The van der Waals surface area contributed by atoms with Gasteiger partial charge in [-0.15, -0.1) is 10.2 Å². The average Bonchev–Trinajstić information content (AvgIpc) is 3.14. The van der Waals surface area contributed by atoms with Gasteiger partial charge in [-0.25, -0.2) is 0 Å². The monoisotopic (exact) mass is 374 g/mol. The number of aryl methyl sites for hydroxylation is 1. The molecule has 0 aliphatic carbocycles. The van der Waals surface area contributed by atoms with E-state index in [4.69, 9.17) is 17.5 Å². The van der Waals surface area contributed by atoms with E-state index in [2.05, 4.69) is 40.2 Å². The molecular weight excluding hydrogens is 356 g/mol. The zero-order valence-corrected chi connectivity index (χ0v) is 16.1. The predicted molar refractivity (Wildman–Crippen MR) is 107 cm³/mol. The highest BCUT2D eigenvalue weighted by molar-refractivity contribution is 7.71. The third kappa shape index (κ3) is 2.79. The average molecular weight is 374 g/mol. The van der Waals surface area contributed by atoms with Gasteiger partial charge in [0.25, 0.3) is 0 Å². The molecule has 0 aliphatic rings. The molecule has 4 rings (SSSR count). The molecule has 2 aromatic carbocycles. The number of hydrogen-bond acceptors (Lipinski definition) is 5. The Hall–Kier alpha value is -3.08. The Bertz CT molecular complexity index is 1240. The Morgan fingerprint density at radius 1 is 1.15 bits per heavy atom. The van der Waals surface area contributed by atoms with Crippen LogP contribution in [-0.4, -0.2) is 38.2 Å². The van der Waals surface area contributed by atoms with Crippen molar-refractivity contribution in [2.24, 2.45) is 0 Å². The highest BCUT2D eigenvalue weighted by Crippen LogP contribution is 2.28. The molecule has 2 aromatic heterocycles. The zero-order valence-electron chi connectivity index (χ0n) is 15.3. The number of nitrogens with zero attached hydrogens (tertiary/aromatic N) is 6. The maximum absolute atomic E-state index is 9.09. The molecule has 0 radical (unpaired) electrons. The van der Waals surface area contributed by atoms with Crippen LogP contribution in [0, 0.1) is 22.9 Å². The van der Waals surface area contributed by atoms with Gasteiger partial charge in [-0.2, -0.15) is 5.26 Å². The van der Waals surface area contributed by atoms with Gasteiger partial charge in [0.15, 0.2) is 0 Å². The Kier molecular flexibility index (Phi) is 4.22. The minimum Gasteiger partial charge on any atom is -0.285 e. The van der Waals surface area contributed by atoms with Crippen LogP contribution in [0.5, 0.6) is 0 Å². The molecule has 1 unspecified atom stereocenters. The molecule has 27 heavy (non-hydrogen) atoms. The highest BCUT2D eigenvalue weighted by atomic mass is 32.1. The fourth-order valence-corrected chi connectivity index (χ4v) is 3.79. The van der Waals surface area contributed by atoms with Gasteiger partial charge in [-0.3, -0.25) is 13.9 Å². The Morgan fingerprint density at radius 3 is 2.56 bits per heavy atom. The van der Waals surface area contributed by atoms with E-state index in [-0.39, 0.29) is 6.17 Å². The third-order valence-electron chi connectivity index (χ3n) is 4.68. The van der Waals surface area contributed by atoms with Crippen molar-refractivity contribution in [1.29, 1.82) is 5.26 Å². The lowest BCUT2D eigenvalue weighted by Crippen LogP contribution is -2.28. The Balaban J connectivity index is 2.07. The van der Waals surface area contributed by atoms with Crippen LogP contribution < -0.4 is 0 Å². The van der Waals surface area contributed by atoms with E-state index in [1.165, 1.54) is 0 Å². The van der Waals surface area contributed by atoms with Crippen LogP contribution in [0.15, 0.2) is 48.8 Å². The summed E-state index contributed by atoms with van der Waals surface area (Å²) in [7, 11) is 4.00. The van der Waals surface area contributed by atoms with Crippen LogP contribution in [0.4, 0.5) is 0 Å². The Morgan fingerprint density at radius 2 is 1.89 bits per heavy atom. The van der Waals surface area contributed by atoms with E-state index in [1.54, 1.807) is 6.33 Å². The largest absolute Gasteiger partial charge is 0.285 e. The number of rotatable bonds is 3. The third-order valence-corrected chi connectivity index (χ3v) is 5.09. The number of hydrogen-bond donors (Lipinski definition) is 0. The molecular formula is C20H18N6S. The summed E-state index contributed by atoms with van der Waals surface area (Å²) in [5.41, 5.74) is 3.78. The summed E-state index contributed by atoms with van der Waals surface area (Å²) < 4.78 is 4.69. The highest BCUT2D eigenvalue weighted by Gasteiger charge is 2.22. The van der Waals surface area contributed by atoms with Gasteiger partial charge in [-0.1, -0.05) is 36.0 Å². The molecule has 0 aliphatic heterocycles. The minimum atomic E-state index is -0.179. The Labute approximate surface area is 161 Å². The van der Waals surface area contributed by atoms with Crippen LogP contribution >= 0.6 is 12.2 Å². The van der Waals surface area contributed by atoms with Gasteiger partial charge in [0.1, 0.15) is 17.1 Å². The molecule has 0 N–H and O–H groups in total. The lowest BCUT2D eigenvalue weighted by Gasteiger charge is -2.28. The van der Waals surface area contributed by atoms with Crippen molar-refractivity contribution in [3.63, 3.8) is 0 Å². The molecule has 0 spiro atoms.